The molecule has 94 valence electrons. The van der Waals surface area contributed by atoms with Crippen molar-refractivity contribution in [2.24, 2.45) is 0 Å². The van der Waals surface area contributed by atoms with Crippen LogP contribution in [0.4, 0.5) is 4.39 Å². The van der Waals surface area contributed by atoms with Crippen molar-refractivity contribution in [1.82, 2.24) is 0 Å². The van der Waals surface area contributed by atoms with Crippen LogP contribution in [0.3, 0.4) is 0 Å². The summed E-state index contributed by atoms with van der Waals surface area (Å²) < 4.78 is 23.5. The Morgan fingerprint density at radius 1 is 1.35 bits per heavy atom. The van der Waals surface area contributed by atoms with Gasteiger partial charge in [-0.2, -0.15) is 0 Å². The molecule has 0 amide bonds. The molecule has 1 rings (SSSR count). The number of carbonyl (C=O) groups is 1. The maximum Gasteiger partial charge on any atom is 0.307 e. The summed E-state index contributed by atoms with van der Waals surface area (Å²) in [4.78, 5) is 10.7. The van der Waals surface area contributed by atoms with Gasteiger partial charge in [0.1, 0.15) is 17.7 Å². The maximum absolute atomic E-state index is 13.4. The van der Waals surface area contributed by atoms with Crippen molar-refractivity contribution in [1.29, 1.82) is 0 Å². The third-order valence-electron chi connectivity index (χ3n) is 2.40. The predicted octanol–water partition coefficient (Wildman–Crippen LogP) is 2.36. The Labute approximate surface area is 99.0 Å². The van der Waals surface area contributed by atoms with E-state index < -0.39 is 12.1 Å². The van der Waals surface area contributed by atoms with Crippen molar-refractivity contribution in [3.63, 3.8) is 0 Å². The quantitative estimate of drug-likeness (QED) is 0.861. The van der Waals surface area contributed by atoms with E-state index in [1.165, 1.54) is 33.3 Å². The lowest BCUT2D eigenvalue weighted by Crippen LogP contribution is -2.05. The summed E-state index contributed by atoms with van der Waals surface area (Å²) in [7, 11) is 2.86. The number of benzene rings is 1. The topological polar surface area (TPSA) is 55.8 Å². The van der Waals surface area contributed by atoms with Gasteiger partial charge >= 0.3 is 5.97 Å². The van der Waals surface area contributed by atoms with E-state index in [2.05, 4.69) is 0 Å². The Hall–Kier alpha value is -1.78. The van der Waals surface area contributed by atoms with Crippen LogP contribution in [0.15, 0.2) is 12.1 Å². The van der Waals surface area contributed by atoms with Crippen molar-refractivity contribution in [3.05, 3.63) is 23.3 Å². The van der Waals surface area contributed by atoms with Crippen LogP contribution in [0.2, 0.25) is 0 Å². The molecule has 0 aliphatic carbocycles. The van der Waals surface area contributed by atoms with Crippen LogP contribution in [-0.2, 0) is 11.2 Å². The van der Waals surface area contributed by atoms with Gasteiger partial charge in [-0.25, -0.2) is 4.39 Å². The van der Waals surface area contributed by atoms with E-state index in [1.54, 1.807) is 0 Å². The van der Waals surface area contributed by atoms with Gasteiger partial charge in [0.05, 0.1) is 20.6 Å². The Morgan fingerprint density at radius 3 is 2.35 bits per heavy atom. The molecule has 0 aromatic heterocycles. The first-order chi connectivity index (χ1) is 7.99. The summed E-state index contributed by atoms with van der Waals surface area (Å²) in [6, 6.07) is 2.97. The van der Waals surface area contributed by atoms with Crippen LogP contribution in [0, 0.1) is 0 Å². The van der Waals surface area contributed by atoms with Crippen LogP contribution in [-0.4, -0.2) is 25.3 Å². The normalized spacial score (nSPS) is 12.0. The van der Waals surface area contributed by atoms with E-state index in [4.69, 9.17) is 14.6 Å². The SMILES string of the molecule is COc1cc(OC)c(C(C)F)cc1CC(=O)O. The Balaban J connectivity index is 3.28. The zero-order valence-electron chi connectivity index (χ0n) is 9.99. The molecule has 5 heteroatoms. The fourth-order valence-electron chi connectivity index (χ4n) is 1.60. The van der Waals surface area contributed by atoms with Gasteiger partial charge in [-0.3, -0.25) is 4.79 Å². The summed E-state index contributed by atoms with van der Waals surface area (Å²) in [5.74, 6) is -0.259. The predicted molar refractivity (Wildman–Crippen MR) is 60.4 cm³/mol. The summed E-state index contributed by atoms with van der Waals surface area (Å²) in [5.41, 5.74) is 0.754. The molecule has 0 bridgehead atoms. The van der Waals surface area contributed by atoms with E-state index in [0.717, 1.165) is 0 Å². The monoisotopic (exact) mass is 242 g/mol. The van der Waals surface area contributed by atoms with Gasteiger partial charge in [-0.15, -0.1) is 0 Å². The number of alkyl halides is 1. The molecule has 0 saturated carbocycles. The van der Waals surface area contributed by atoms with Crippen molar-refractivity contribution < 1.29 is 23.8 Å². The number of ether oxygens (including phenoxy) is 2. The zero-order valence-corrected chi connectivity index (χ0v) is 9.99. The van der Waals surface area contributed by atoms with Gasteiger partial charge < -0.3 is 14.6 Å². The highest BCUT2D eigenvalue weighted by Gasteiger charge is 2.17. The Morgan fingerprint density at radius 2 is 1.94 bits per heavy atom. The highest BCUT2D eigenvalue weighted by Crippen LogP contribution is 2.34. The van der Waals surface area contributed by atoms with Crippen molar-refractivity contribution in [2.75, 3.05) is 14.2 Å². The average Bonchev–Trinajstić information content (AvgIpc) is 2.27. The lowest BCUT2D eigenvalue weighted by Gasteiger charge is -2.14. The van der Waals surface area contributed by atoms with E-state index in [9.17, 15) is 9.18 Å². The number of carboxylic acids is 1. The van der Waals surface area contributed by atoms with Crippen LogP contribution in [0.1, 0.15) is 24.2 Å². The standard InChI is InChI=1S/C12H15FO4/c1-7(13)9-4-8(5-12(14)15)10(16-2)6-11(9)17-3/h4,6-7H,5H2,1-3H3,(H,14,15). The van der Waals surface area contributed by atoms with Crippen LogP contribution >= 0.6 is 0 Å². The fourth-order valence-corrected chi connectivity index (χ4v) is 1.60. The minimum atomic E-state index is -1.23. The molecule has 17 heavy (non-hydrogen) atoms. The molecule has 0 fully saturated rings. The molecule has 1 aromatic carbocycles. The molecule has 0 spiro atoms. The van der Waals surface area contributed by atoms with Crippen LogP contribution < -0.4 is 9.47 Å². The van der Waals surface area contributed by atoms with Crippen LogP contribution in [0.5, 0.6) is 11.5 Å². The van der Waals surface area contributed by atoms with Gasteiger partial charge in [0.15, 0.2) is 0 Å². The van der Waals surface area contributed by atoms with E-state index in [-0.39, 0.29) is 6.42 Å². The smallest absolute Gasteiger partial charge is 0.307 e. The second-order valence-corrected chi connectivity index (χ2v) is 3.59. The lowest BCUT2D eigenvalue weighted by molar-refractivity contribution is -0.136. The number of methoxy groups -OCH3 is 2. The number of aliphatic carboxylic acids is 1. The third kappa shape index (κ3) is 3.09. The van der Waals surface area contributed by atoms with Gasteiger partial charge in [-0.05, 0) is 13.0 Å². The van der Waals surface area contributed by atoms with Gasteiger partial charge in [0.25, 0.3) is 0 Å². The number of halogens is 1. The summed E-state index contributed by atoms with van der Waals surface area (Å²) >= 11 is 0. The largest absolute Gasteiger partial charge is 0.496 e. The van der Waals surface area contributed by atoms with Crippen molar-refractivity contribution >= 4 is 5.97 Å². The molecular formula is C12H15FO4. The van der Waals surface area contributed by atoms with Gasteiger partial charge in [0, 0.05) is 17.2 Å². The molecule has 1 unspecified atom stereocenters. The van der Waals surface area contributed by atoms with Gasteiger partial charge in [0.2, 0.25) is 0 Å². The average molecular weight is 242 g/mol. The number of rotatable bonds is 5. The Bertz CT molecular complexity index is 415. The molecule has 0 heterocycles. The minimum Gasteiger partial charge on any atom is -0.496 e. The summed E-state index contributed by atoms with van der Waals surface area (Å²) in [6.45, 7) is 1.37. The second-order valence-electron chi connectivity index (χ2n) is 3.59. The fraction of sp³-hybridized carbons (Fsp3) is 0.417. The minimum absolute atomic E-state index is 0.215. The first-order valence-corrected chi connectivity index (χ1v) is 5.10. The molecule has 1 atom stereocenters. The number of carboxylic acid groups (broad SMARTS) is 1. The lowest BCUT2D eigenvalue weighted by atomic mass is 10.0. The first kappa shape index (κ1) is 13.3. The number of hydrogen-bond donors (Lipinski definition) is 1. The summed E-state index contributed by atoms with van der Waals surface area (Å²) in [6.07, 6.45) is -1.45. The highest BCUT2D eigenvalue weighted by atomic mass is 19.1. The highest BCUT2D eigenvalue weighted by molar-refractivity contribution is 5.72. The van der Waals surface area contributed by atoms with E-state index in [1.807, 2.05) is 0 Å². The molecule has 1 aromatic rings. The zero-order chi connectivity index (χ0) is 13.0. The summed E-state index contributed by atoms with van der Waals surface area (Å²) in [5, 5.41) is 8.76. The molecule has 1 N–H and O–H groups in total. The molecule has 0 saturated heterocycles. The van der Waals surface area contributed by atoms with Crippen molar-refractivity contribution in [2.45, 2.75) is 19.5 Å². The van der Waals surface area contributed by atoms with Gasteiger partial charge in [-0.1, -0.05) is 0 Å². The Kier molecular flexibility index (Phi) is 4.31. The molecule has 0 aliphatic heterocycles. The van der Waals surface area contributed by atoms with E-state index >= 15 is 0 Å². The molecule has 0 aliphatic rings. The third-order valence-corrected chi connectivity index (χ3v) is 2.40. The van der Waals surface area contributed by atoms with Crippen molar-refractivity contribution in [3.8, 4) is 11.5 Å². The van der Waals surface area contributed by atoms with E-state index in [0.29, 0.717) is 22.6 Å². The molecular weight excluding hydrogens is 227 g/mol. The maximum atomic E-state index is 13.4. The molecule has 4 nitrogen and oxygen atoms in total. The number of hydrogen-bond acceptors (Lipinski definition) is 3. The molecule has 0 radical (unpaired) electrons. The first-order valence-electron chi connectivity index (χ1n) is 5.10. The second kappa shape index (κ2) is 5.52. The van der Waals surface area contributed by atoms with Crippen LogP contribution in [0.25, 0.3) is 0 Å².